The topological polar surface area (TPSA) is 61.1 Å². The highest BCUT2D eigenvalue weighted by molar-refractivity contribution is 5.72. The van der Waals surface area contributed by atoms with Crippen LogP contribution in [0.2, 0.25) is 0 Å². The zero-order valence-electron chi connectivity index (χ0n) is 8.80. The molecule has 0 aliphatic rings. The lowest BCUT2D eigenvalue weighted by atomic mass is 9.96. The molecule has 0 amide bonds. The van der Waals surface area contributed by atoms with Gasteiger partial charge in [-0.25, -0.2) is 0 Å². The van der Waals surface area contributed by atoms with Gasteiger partial charge in [0.1, 0.15) is 0 Å². The lowest BCUT2D eigenvalue weighted by Gasteiger charge is -2.14. The lowest BCUT2D eigenvalue weighted by Crippen LogP contribution is -2.14. The number of benzene rings is 1. The van der Waals surface area contributed by atoms with E-state index in [1.165, 1.54) is 13.0 Å². The van der Waals surface area contributed by atoms with Gasteiger partial charge >= 0.3 is 12.1 Å². The third kappa shape index (κ3) is 2.97. The van der Waals surface area contributed by atoms with Crippen LogP contribution in [0.1, 0.15) is 22.3 Å². The summed E-state index contributed by atoms with van der Waals surface area (Å²) >= 11 is 0. The van der Waals surface area contributed by atoms with Gasteiger partial charge in [0.15, 0.2) is 0 Å². The molecule has 0 unspecified atom stereocenters. The maximum absolute atomic E-state index is 12.7. The van der Waals surface area contributed by atoms with Crippen LogP contribution in [0.15, 0.2) is 12.1 Å². The fraction of sp³-hybridized carbons (Fsp3) is 0.273. The van der Waals surface area contributed by atoms with Crippen LogP contribution in [-0.2, 0) is 17.4 Å². The molecule has 6 heteroatoms. The molecule has 1 aromatic rings. The molecule has 0 saturated carbocycles. The second-order valence-electron chi connectivity index (χ2n) is 3.52. The van der Waals surface area contributed by atoms with Gasteiger partial charge in [-0.3, -0.25) is 4.79 Å². The largest absolute Gasteiger partial charge is 0.481 e. The van der Waals surface area contributed by atoms with Crippen molar-refractivity contribution in [2.24, 2.45) is 0 Å². The quantitative estimate of drug-likeness (QED) is 0.868. The average Bonchev–Trinajstić information content (AvgIpc) is 2.17. The predicted octanol–water partition coefficient (Wildman–Crippen LogP) is 2.51. The van der Waals surface area contributed by atoms with Crippen molar-refractivity contribution in [2.45, 2.75) is 19.5 Å². The Morgan fingerprint density at radius 1 is 1.47 bits per heavy atom. The molecule has 0 fully saturated rings. The van der Waals surface area contributed by atoms with Crippen LogP contribution in [0.3, 0.4) is 0 Å². The fourth-order valence-electron chi connectivity index (χ4n) is 1.51. The summed E-state index contributed by atoms with van der Waals surface area (Å²) in [4.78, 5) is 10.5. The zero-order chi connectivity index (χ0) is 13.2. The molecule has 0 saturated heterocycles. The number of carboxylic acids is 1. The highest BCUT2D eigenvalue weighted by Gasteiger charge is 2.35. The molecule has 1 rings (SSSR count). The van der Waals surface area contributed by atoms with Crippen LogP contribution in [0, 0.1) is 18.3 Å². The number of nitrogens with zero attached hydrogens (tertiary/aromatic N) is 1. The van der Waals surface area contributed by atoms with Crippen molar-refractivity contribution in [3.63, 3.8) is 0 Å². The van der Waals surface area contributed by atoms with E-state index in [0.717, 1.165) is 6.07 Å². The van der Waals surface area contributed by atoms with Crippen molar-refractivity contribution < 1.29 is 23.1 Å². The van der Waals surface area contributed by atoms with E-state index in [2.05, 4.69) is 0 Å². The predicted molar refractivity (Wildman–Crippen MR) is 52.2 cm³/mol. The van der Waals surface area contributed by atoms with Crippen molar-refractivity contribution in [2.75, 3.05) is 0 Å². The van der Waals surface area contributed by atoms with Crippen LogP contribution >= 0.6 is 0 Å². The Bertz CT molecular complexity index is 501. The molecule has 0 aliphatic carbocycles. The summed E-state index contributed by atoms with van der Waals surface area (Å²) in [6.07, 6.45) is -5.49. The molecule has 0 aromatic heterocycles. The van der Waals surface area contributed by atoms with Crippen LogP contribution < -0.4 is 0 Å². The second kappa shape index (κ2) is 4.45. The summed E-state index contributed by atoms with van der Waals surface area (Å²) in [5.41, 5.74) is -1.53. The van der Waals surface area contributed by atoms with Gasteiger partial charge in [0.05, 0.1) is 23.6 Å². The van der Waals surface area contributed by atoms with Crippen molar-refractivity contribution in [1.82, 2.24) is 0 Å². The molecule has 3 nitrogen and oxygen atoms in total. The van der Waals surface area contributed by atoms with Gasteiger partial charge in [-0.05, 0) is 30.2 Å². The Balaban J connectivity index is 3.51. The second-order valence-corrected chi connectivity index (χ2v) is 3.52. The number of halogens is 3. The van der Waals surface area contributed by atoms with E-state index < -0.39 is 29.7 Å². The number of alkyl halides is 3. The Kier molecular flexibility index (Phi) is 3.42. The Morgan fingerprint density at radius 3 is 2.47 bits per heavy atom. The summed E-state index contributed by atoms with van der Waals surface area (Å²) in [5, 5.41) is 17.3. The van der Waals surface area contributed by atoms with Gasteiger partial charge in [-0.2, -0.15) is 18.4 Å². The number of aliphatic carboxylic acids is 1. The number of hydrogen-bond donors (Lipinski definition) is 1. The first-order chi connectivity index (χ1) is 7.75. The summed E-state index contributed by atoms with van der Waals surface area (Å²) in [5.74, 6) is -1.41. The minimum Gasteiger partial charge on any atom is -0.481 e. The molecule has 1 aromatic carbocycles. The van der Waals surface area contributed by atoms with Crippen molar-refractivity contribution >= 4 is 5.97 Å². The van der Waals surface area contributed by atoms with E-state index in [1.807, 2.05) is 0 Å². The Labute approximate surface area is 95.1 Å². The average molecular weight is 243 g/mol. The van der Waals surface area contributed by atoms with Crippen LogP contribution in [-0.4, -0.2) is 11.1 Å². The summed E-state index contributed by atoms with van der Waals surface area (Å²) in [7, 11) is 0. The fourth-order valence-corrected chi connectivity index (χ4v) is 1.51. The Morgan fingerprint density at radius 2 is 2.06 bits per heavy atom. The number of nitriles is 1. The first-order valence-corrected chi connectivity index (χ1v) is 4.58. The van der Waals surface area contributed by atoms with E-state index in [4.69, 9.17) is 10.4 Å². The first kappa shape index (κ1) is 13.0. The third-order valence-corrected chi connectivity index (χ3v) is 2.15. The number of rotatable bonds is 2. The van der Waals surface area contributed by atoms with Crippen molar-refractivity contribution in [3.8, 4) is 6.07 Å². The normalized spacial score (nSPS) is 11.0. The molecule has 1 N–H and O–H groups in total. The molecule has 0 bridgehead atoms. The summed E-state index contributed by atoms with van der Waals surface area (Å²) < 4.78 is 38.1. The van der Waals surface area contributed by atoms with E-state index in [1.54, 1.807) is 6.07 Å². The van der Waals surface area contributed by atoms with Gasteiger partial charge in [0.2, 0.25) is 0 Å². The highest BCUT2D eigenvalue weighted by Crippen LogP contribution is 2.34. The third-order valence-electron chi connectivity index (χ3n) is 2.15. The monoisotopic (exact) mass is 243 g/mol. The van der Waals surface area contributed by atoms with Crippen molar-refractivity contribution in [3.05, 3.63) is 34.4 Å². The van der Waals surface area contributed by atoms with Gasteiger partial charge in [0.25, 0.3) is 0 Å². The molecule has 0 atom stereocenters. The number of hydrogen-bond acceptors (Lipinski definition) is 2. The van der Waals surface area contributed by atoms with E-state index in [-0.39, 0.29) is 11.1 Å². The smallest absolute Gasteiger partial charge is 0.416 e. The van der Waals surface area contributed by atoms with Crippen LogP contribution in [0.25, 0.3) is 0 Å². The van der Waals surface area contributed by atoms with E-state index in [0.29, 0.717) is 0 Å². The number of aryl methyl sites for hydroxylation is 1. The minimum absolute atomic E-state index is 0.250. The minimum atomic E-state index is -4.66. The molecule has 0 radical (unpaired) electrons. The molecular weight excluding hydrogens is 235 g/mol. The summed E-state index contributed by atoms with van der Waals surface area (Å²) in [6.45, 7) is 1.42. The number of carbonyl (C=O) groups is 1. The van der Waals surface area contributed by atoms with Crippen LogP contribution in [0.5, 0.6) is 0 Å². The van der Waals surface area contributed by atoms with Crippen LogP contribution in [0.4, 0.5) is 13.2 Å². The highest BCUT2D eigenvalue weighted by atomic mass is 19.4. The van der Waals surface area contributed by atoms with E-state index >= 15 is 0 Å². The van der Waals surface area contributed by atoms with Gasteiger partial charge in [0, 0.05) is 0 Å². The Hall–Kier alpha value is -2.03. The molecule has 0 heterocycles. The summed E-state index contributed by atoms with van der Waals surface area (Å²) in [6, 6.07) is 3.68. The van der Waals surface area contributed by atoms with Gasteiger partial charge < -0.3 is 5.11 Å². The molecule has 17 heavy (non-hydrogen) atoms. The zero-order valence-corrected chi connectivity index (χ0v) is 8.80. The molecule has 0 spiro atoms. The van der Waals surface area contributed by atoms with Crippen molar-refractivity contribution in [1.29, 1.82) is 5.26 Å². The van der Waals surface area contributed by atoms with Gasteiger partial charge in [-0.1, -0.05) is 0 Å². The molecular formula is C11H8F3NO2. The first-order valence-electron chi connectivity index (χ1n) is 4.58. The lowest BCUT2D eigenvalue weighted by molar-refractivity contribution is -0.139. The SMILES string of the molecule is Cc1cc(C#N)c(CC(=O)O)c(C(F)(F)F)c1. The number of carboxylic acid groups (broad SMARTS) is 1. The van der Waals surface area contributed by atoms with E-state index in [9.17, 15) is 18.0 Å². The maximum atomic E-state index is 12.7. The molecule has 90 valence electrons. The maximum Gasteiger partial charge on any atom is 0.416 e. The van der Waals surface area contributed by atoms with Gasteiger partial charge in [-0.15, -0.1) is 0 Å². The molecule has 0 aliphatic heterocycles. The standard InChI is InChI=1S/C11H8F3NO2/c1-6-2-7(5-15)8(4-10(16)17)9(3-6)11(12,13)14/h2-3H,4H2,1H3,(H,16,17).